The van der Waals surface area contributed by atoms with Gasteiger partial charge in [0.05, 0.1) is 12.7 Å². The molecule has 0 aromatic heterocycles. The van der Waals surface area contributed by atoms with Gasteiger partial charge < -0.3 is 15.4 Å². The smallest absolute Gasteiger partial charge is 0.0853 e. The van der Waals surface area contributed by atoms with E-state index in [4.69, 9.17) is 10.5 Å². The average molecular weight is 184 g/mol. The van der Waals surface area contributed by atoms with E-state index >= 15 is 0 Å². The quantitative estimate of drug-likeness (QED) is 0.692. The van der Waals surface area contributed by atoms with Gasteiger partial charge in [0.15, 0.2) is 0 Å². The van der Waals surface area contributed by atoms with Gasteiger partial charge in [-0.1, -0.05) is 12.8 Å². The highest BCUT2D eigenvalue weighted by Crippen LogP contribution is 2.34. The SMILES string of the molecule is CN1CCOC(C(N)CC2CC2)C1. The van der Waals surface area contributed by atoms with E-state index in [-0.39, 0.29) is 12.1 Å². The summed E-state index contributed by atoms with van der Waals surface area (Å²) in [7, 11) is 2.14. The van der Waals surface area contributed by atoms with Crippen molar-refractivity contribution in [1.82, 2.24) is 4.90 Å². The fourth-order valence-electron chi connectivity index (χ4n) is 1.96. The summed E-state index contributed by atoms with van der Waals surface area (Å²) in [5.74, 6) is 0.908. The van der Waals surface area contributed by atoms with Gasteiger partial charge in [0, 0.05) is 19.1 Å². The van der Waals surface area contributed by atoms with Gasteiger partial charge in [-0.2, -0.15) is 0 Å². The zero-order valence-corrected chi connectivity index (χ0v) is 8.41. The molecule has 3 heteroatoms. The predicted octanol–water partition coefficient (Wildman–Crippen LogP) is 0.444. The Hall–Kier alpha value is -0.120. The van der Waals surface area contributed by atoms with Gasteiger partial charge in [0.1, 0.15) is 0 Å². The van der Waals surface area contributed by atoms with Crippen molar-refractivity contribution in [2.24, 2.45) is 11.7 Å². The van der Waals surface area contributed by atoms with Crippen LogP contribution in [0.15, 0.2) is 0 Å². The highest BCUT2D eigenvalue weighted by atomic mass is 16.5. The van der Waals surface area contributed by atoms with Crippen LogP contribution in [0.25, 0.3) is 0 Å². The lowest BCUT2D eigenvalue weighted by Gasteiger charge is -2.33. The Balaban J connectivity index is 1.76. The Bertz CT molecular complexity index is 170. The topological polar surface area (TPSA) is 38.5 Å². The summed E-state index contributed by atoms with van der Waals surface area (Å²) in [5, 5.41) is 0. The standard InChI is InChI=1S/C10H20N2O/c1-12-4-5-13-10(7-12)9(11)6-8-2-3-8/h8-10H,2-7,11H2,1H3. The van der Waals surface area contributed by atoms with Crippen LogP contribution in [0.1, 0.15) is 19.3 Å². The first kappa shape index (κ1) is 9.44. The van der Waals surface area contributed by atoms with Crippen LogP contribution in [0.3, 0.4) is 0 Å². The molecule has 13 heavy (non-hydrogen) atoms. The molecule has 0 amide bonds. The summed E-state index contributed by atoms with van der Waals surface area (Å²) >= 11 is 0. The Morgan fingerprint density at radius 2 is 2.31 bits per heavy atom. The second kappa shape index (κ2) is 3.95. The van der Waals surface area contributed by atoms with Gasteiger partial charge in [-0.05, 0) is 19.4 Å². The van der Waals surface area contributed by atoms with Crippen LogP contribution in [0.4, 0.5) is 0 Å². The molecular formula is C10H20N2O. The molecule has 0 spiro atoms. The summed E-state index contributed by atoms with van der Waals surface area (Å²) in [6, 6.07) is 0.259. The Morgan fingerprint density at radius 1 is 1.54 bits per heavy atom. The van der Waals surface area contributed by atoms with Crippen LogP contribution in [0, 0.1) is 5.92 Å². The van der Waals surface area contributed by atoms with E-state index in [0.717, 1.165) is 25.6 Å². The molecule has 2 unspecified atom stereocenters. The molecule has 76 valence electrons. The average Bonchev–Trinajstić information content (AvgIpc) is 2.88. The third-order valence-corrected chi connectivity index (χ3v) is 3.08. The first-order valence-electron chi connectivity index (χ1n) is 5.31. The van der Waals surface area contributed by atoms with Gasteiger partial charge in [-0.3, -0.25) is 0 Å². The van der Waals surface area contributed by atoms with Gasteiger partial charge >= 0.3 is 0 Å². The van der Waals surface area contributed by atoms with E-state index in [0.29, 0.717) is 0 Å². The molecule has 1 saturated carbocycles. The first-order valence-corrected chi connectivity index (χ1v) is 5.31. The molecule has 2 atom stereocenters. The molecule has 2 fully saturated rings. The van der Waals surface area contributed by atoms with E-state index in [9.17, 15) is 0 Å². The molecule has 0 radical (unpaired) electrons. The van der Waals surface area contributed by atoms with Crippen molar-refractivity contribution in [2.45, 2.75) is 31.4 Å². The molecule has 0 aromatic carbocycles. The predicted molar refractivity (Wildman–Crippen MR) is 52.6 cm³/mol. The number of rotatable bonds is 3. The van der Waals surface area contributed by atoms with E-state index in [1.807, 2.05) is 0 Å². The van der Waals surface area contributed by atoms with Gasteiger partial charge in [0.2, 0.25) is 0 Å². The van der Waals surface area contributed by atoms with Crippen molar-refractivity contribution in [2.75, 3.05) is 26.7 Å². The van der Waals surface area contributed by atoms with Gasteiger partial charge in [0.25, 0.3) is 0 Å². The van der Waals surface area contributed by atoms with Crippen molar-refractivity contribution in [3.05, 3.63) is 0 Å². The van der Waals surface area contributed by atoms with Crippen molar-refractivity contribution in [3.63, 3.8) is 0 Å². The maximum atomic E-state index is 6.10. The van der Waals surface area contributed by atoms with E-state index in [1.54, 1.807) is 0 Å². The van der Waals surface area contributed by atoms with Crippen LogP contribution in [0.5, 0.6) is 0 Å². The molecule has 3 nitrogen and oxygen atoms in total. The Labute approximate surface area is 80.2 Å². The number of likely N-dealkylation sites (N-methyl/N-ethyl adjacent to an activating group) is 1. The third-order valence-electron chi connectivity index (χ3n) is 3.08. The number of ether oxygens (including phenoxy) is 1. The fraction of sp³-hybridized carbons (Fsp3) is 1.00. The van der Waals surface area contributed by atoms with Crippen molar-refractivity contribution in [3.8, 4) is 0 Å². The number of morpholine rings is 1. The lowest BCUT2D eigenvalue weighted by molar-refractivity contribution is -0.0340. The molecule has 2 N–H and O–H groups in total. The van der Waals surface area contributed by atoms with E-state index in [1.165, 1.54) is 19.3 Å². The van der Waals surface area contributed by atoms with Crippen molar-refractivity contribution < 1.29 is 4.74 Å². The molecular weight excluding hydrogens is 164 g/mol. The molecule has 2 rings (SSSR count). The summed E-state index contributed by atoms with van der Waals surface area (Å²) < 4.78 is 5.67. The molecule has 0 bridgehead atoms. The summed E-state index contributed by atoms with van der Waals surface area (Å²) in [5.41, 5.74) is 6.10. The highest BCUT2D eigenvalue weighted by molar-refractivity contribution is 4.85. The number of nitrogens with zero attached hydrogens (tertiary/aromatic N) is 1. The number of hydrogen-bond donors (Lipinski definition) is 1. The minimum absolute atomic E-state index is 0.259. The van der Waals surface area contributed by atoms with E-state index < -0.39 is 0 Å². The van der Waals surface area contributed by atoms with Gasteiger partial charge in [-0.15, -0.1) is 0 Å². The highest BCUT2D eigenvalue weighted by Gasteiger charge is 2.30. The van der Waals surface area contributed by atoms with Gasteiger partial charge in [-0.25, -0.2) is 0 Å². The second-order valence-corrected chi connectivity index (χ2v) is 4.51. The van der Waals surface area contributed by atoms with E-state index in [2.05, 4.69) is 11.9 Å². The maximum absolute atomic E-state index is 6.10. The molecule has 1 heterocycles. The minimum Gasteiger partial charge on any atom is -0.374 e. The molecule has 0 aromatic rings. The number of hydrogen-bond acceptors (Lipinski definition) is 3. The summed E-state index contributed by atoms with van der Waals surface area (Å²) in [6.07, 6.45) is 4.21. The molecule has 1 aliphatic heterocycles. The molecule has 1 aliphatic carbocycles. The van der Waals surface area contributed by atoms with Crippen LogP contribution in [-0.2, 0) is 4.74 Å². The monoisotopic (exact) mass is 184 g/mol. The first-order chi connectivity index (χ1) is 6.25. The maximum Gasteiger partial charge on any atom is 0.0853 e. The lowest BCUT2D eigenvalue weighted by atomic mass is 10.0. The molecule has 1 saturated heterocycles. The Kier molecular flexibility index (Phi) is 2.86. The Morgan fingerprint density at radius 3 is 2.92 bits per heavy atom. The third kappa shape index (κ3) is 2.66. The zero-order chi connectivity index (χ0) is 9.26. The fourth-order valence-corrected chi connectivity index (χ4v) is 1.96. The lowest BCUT2D eigenvalue weighted by Crippen LogP contribution is -2.49. The van der Waals surface area contributed by atoms with Crippen LogP contribution in [-0.4, -0.2) is 43.8 Å². The number of nitrogens with two attached hydrogens (primary N) is 1. The van der Waals surface area contributed by atoms with Crippen molar-refractivity contribution >= 4 is 0 Å². The normalized spacial score (nSPS) is 33.2. The minimum atomic E-state index is 0.259. The van der Waals surface area contributed by atoms with Crippen LogP contribution >= 0.6 is 0 Å². The summed E-state index contributed by atoms with van der Waals surface area (Å²) in [4.78, 5) is 2.31. The summed E-state index contributed by atoms with van der Waals surface area (Å²) in [6.45, 7) is 2.90. The van der Waals surface area contributed by atoms with Crippen molar-refractivity contribution in [1.29, 1.82) is 0 Å². The largest absolute Gasteiger partial charge is 0.374 e. The van der Waals surface area contributed by atoms with Crippen LogP contribution in [0.2, 0.25) is 0 Å². The zero-order valence-electron chi connectivity index (χ0n) is 8.41. The molecule has 2 aliphatic rings. The second-order valence-electron chi connectivity index (χ2n) is 4.51. The van der Waals surface area contributed by atoms with Crippen LogP contribution < -0.4 is 5.73 Å².